The van der Waals surface area contributed by atoms with Gasteiger partial charge in [0.05, 0.1) is 0 Å². The lowest BCUT2D eigenvalue weighted by Gasteiger charge is -2.19. The number of carboxylic acids is 1. The number of amides is 1. The van der Waals surface area contributed by atoms with E-state index < -0.39 is 5.97 Å². The van der Waals surface area contributed by atoms with Gasteiger partial charge in [-0.1, -0.05) is 13.0 Å². The average molecular weight is 250 g/mol. The molecule has 0 bridgehead atoms. The summed E-state index contributed by atoms with van der Waals surface area (Å²) in [5.41, 5.74) is 0.845. The molecule has 0 fully saturated rings. The quantitative estimate of drug-likeness (QED) is 0.792. The van der Waals surface area contributed by atoms with Gasteiger partial charge in [0.1, 0.15) is 6.54 Å². The van der Waals surface area contributed by atoms with Crippen LogP contribution in [0, 0.1) is 0 Å². The third kappa shape index (κ3) is 4.95. The second-order valence-electron chi connectivity index (χ2n) is 4.03. The smallest absolute Gasteiger partial charge is 0.323 e. The van der Waals surface area contributed by atoms with Crippen molar-refractivity contribution >= 4 is 11.9 Å². The zero-order valence-corrected chi connectivity index (χ0v) is 10.5. The van der Waals surface area contributed by atoms with E-state index in [1.54, 1.807) is 6.20 Å². The topological polar surface area (TPSA) is 70.5 Å². The van der Waals surface area contributed by atoms with Crippen LogP contribution in [-0.2, 0) is 16.0 Å². The Bertz CT molecular complexity index is 392. The molecule has 1 N–H and O–H groups in total. The molecule has 18 heavy (non-hydrogen) atoms. The van der Waals surface area contributed by atoms with Crippen LogP contribution in [0.3, 0.4) is 0 Å². The molecule has 0 aliphatic rings. The van der Waals surface area contributed by atoms with Crippen LogP contribution in [0.5, 0.6) is 0 Å². The number of nitrogens with zero attached hydrogens (tertiary/aromatic N) is 2. The second-order valence-corrected chi connectivity index (χ2v) is 4.03. The zero-order chi connectivity index (χ0) is 13.4. The summed E-state index contributed by atoms with van der Waals surface area (Å²) in [5, 5.41) is 8.74. The molecule has 0 aliphatic carbocycles. The summed E-state index contributed by atoms with van der Waals surface area (Å²) in [6.45, 7) is 2.17. The summed E-state index contributed by atoms with van der Waals surface area (Å²) in [4.78, 5) is 28.0. The third-order valence-electron chi connectivity index (χ3n) is 2.49. The minimum Gasteiger partial charge on any atom is -0.480 e. The fourth-order valence-corrected chi connectivity index (χ4v) is 1.66. The second kappa shape index (κ2) is 7.42. The third-order valence-corrected chi connectivity index (χ3v) is 2.49. The molecule has 1 amide bonds. The number of rotatable bonds is 7. The molecule has 1 aromatic heterocycles. The van der Waals surface area contributed by atoms with Crippen LogP contribution < -0.4 is 0 Å². The van der Waals surface area contributed by atoms with Crippen molar-refractivity contribution in [3.63, 3.8) is 0 Å². The van der Waals surface area contributed by atoms with E-state index in [-0.39, 0.29) is 12.5 Å². The summed E-state index contributed by atoms with van der Waals surface area (Å²) in [6, 6.07) is 5.54. The summed E-state index contributed by atoms with van der Waals surface area (Å²) in [6.07, 6.45) is 3.27. The molecule has 1 heterocycles. The van der Waals surface area contributed by atoms with Crippen LogP contribution in [0.15, 0.2) is 24.4 Å². The molecule has 0 unspecified atom stereocenters. The molecule has 0 radical (unpaired) electrons. The first-order valence-electron chi connectivity index (χ1n) is 6.03. The van der Waals surface area contributed by atoms with Crippen LogP contribution >= 0.6 is 0 Å². The fraction of sp³-hybridized carbons (Fsp3) is 0.462. The molecule has 0 aromatic carbocycles. The van der Waals surface area contributed by atoms with Gasteiger partial charge in [0.15, 0.2) is 0 Å². The van der Waals surface area contributed by atoms with Crippen LogP contribution in [-0.4, -0.2) is 40.0 Å². The lowest BCUT2D eigenvalue weighted by molar-refractivity contribution is -0.144. The van der Waals surface area contributed by atoms with E-state index in [0.717, 1.165) is 12.1 Å². The van der Waals surface area contributed by atoms with Gasteiger partial charge in [-0.25, -0.2) is 0 Å². The Morgan fingerprint density at radius 1 is 1.39 bits per heavy atom. The predicted molar refractivity (Wildman–Crippen MR) is 67.1 cm³/mol. The molecule has 0 saturated heterocycles. The van der Waals surface area contributed by atoms with Gasteiger partial charge in [-0.15, -0.1) is 0 Å². The van der Waals surface area contributed by atoms with E-state index >= 15 is 0 Å². The lowest BCUT2D eigenvalue weighted by atomic mass is 10.2. The Kier molecular flexibility index (Phi) is 5.84. The Morgan fingerprint density at radius 3 is 2.72 bits per heavy atom. The monoisotopic (exact) mass is 250 g/mol. The molecular formula is C13H18N2O3. The molecule has 0 aliphatic heterocycles. The first-order valence-corrected chi connectivity index (χ1v) is 6.03. The van der Waals surface area contributed by atoms with Crippen LogP contribution in [0.4, 0.5) is 0 Å². The van der Waals surface area contributed by atoms with Gasteiger partial charge in [0.25, 0.3) is 0 Å². The first kappa shape index (κ1) is 14.2. The highest BCUT2D eigenvalue weighted by molar-refractivity contribution is 5.81. The van der Waals surface area contributed by atoms with Crippen molar-refractivity contribution in [3.05, 3.63) is 30.1 Å². The first-order chi connectivity index (χ1) is 8.63. The molecule has 5 heteroatoms. The highest BCUT2D eigenvalue weighted by atomic mass is 16.4. The van der Waals surface area contributed by atoms with Gasteiger partial charge in [-0.2, -0.15) is 0 Å². The number of aryl methyl sites for hydroxylation is 1. The number of carbonyl (C=O) groups excluding carboxylic acids is 1. The minimum absolute atomic E-state index is 0.134. The van der Waals surface area contributed by atoms with Gasteiger partial charge in [0, 0.05) is 24.9 Å². The summed E-state index contributed by atoms with van der Waals surface area (Å²) in [7, 11) is 0. The maximum Gasteiger partial charge on any atom is 0.323 e. The van der Waals surface area contributed by atoms with Crippen molar-refractivity contribution in [2.45, 2.75) is 26.2 Å². The molecule has 0 saturated carbocycles. The number of hydrogen-bond acceptors (Lipinski definition) is 3. The molecular weight excluding hydrogens is 232 g/mol. The van der Waals surface area contributed by atoms with Crippen molar-refractivity contribution in [3.8, 4) is 0 Å². The number of carbonyl (C=O) groups is 2. The van der Waals surface area contributed by atoms with E-state index in [1.165, 1.54) is 4.90 Å². The Balaban J connectivity index is 2.48. The largest absolute Gasteiger partial charge is 0.480 e. The van der Waals surface area contributed by atoms with Crippen molar-refractivity contribution < 1.29 is 14.7 Å². The van der Waals surface area contributed by atoms with Gasteiger partial charge in [-0.3, -0.25) is 14.6 Å². The maximum absolute atomic E-state index is 11.9. The highest BCUT2D eigenvalue weighted by Crippen LogP contribution is 2.03. The molecule has 0 atom stereocenters. The van der Waals surface area contributed by atoms with E-state index in [0.29, 0.717) is 19.4 Å². The standard InChI is InChI=1S/C13H18N2O3/c1-2-9-15(10-13(17)18)12(16)7-6-11-5-3-4-8-14-11/h3-5,8H,2,6-7,9-10H2,1H3,(H,17,18). The van der Waals surface area contributed by atoms with Gasteiger partial charge in [-0.05, 0) is 25.0 Å². The number of aliphatic carboxylic acids is 1. The fourth-order valence-electron chi connectivity index (χ4n) is 1.66. The Morgan fingerprint density at radius 2 is 2.17 bits per heavy atom. The summed E-state index contributed by atoms with van der Waals surface area (Å²) < 4.78 is 0. The Hall–Kier alpha value is -1.91. The van der Waals surface area contributed by atoms with Crippen LogP contribution in [0.1, 0.15) is 25.5 Å². The number of pyridine rings is 1. The highest BCUT2D eigenvalue weighted by Gasteiger charge is 2.15. The van der Waals surface area contributed by atoms with Crippen molar-refractivity contribution in [1.82, 2.24) is 9.88 Å². The van der Waals surface area contributed by atoms with E-state index in [2.05, 4.69) is 4.98 Å². The predicted octanol–water partition coefficient (Wildman–Crippen LogP) is 1.34. The molecule has 1 aromatic rings. The summed E-state index contributed by atoms with van der Waals surface area (Å²) >= 11 is 0. The van der Waals surface area contributed by atoms with Crippen LogP contribution in [0.25, 0.3) is 0 Å². The van der Waals surface area contributed by atoms with E-state index in [9.17, 15) is 9.59 Å². The van der Waals surface area contributed by atoms with Crippen molar-refractivity contribution in [1.29, 1.82) is 0 Å². The normalized spacial score (nSPS) is 10.1. The zero-order valence-electron chi connectivity index (χ0n) is 10.5. The molecule has 1 rings (SSSR count). The number of carboxylic acid groups (broad SMARTS) is 1. The van der Waals surface area contributed by atoms with Crippen LogP contribution in [0.2, 0.25) is 0 Å². The molecule has 0 spiro atoms. The minimum atomic E-state index is -0.977. The maximum atomic E-state index is 11.9. The average Bonchev–Trinajstić information content (AvgIpc) is 2.36. The van der Waals surface area contributed by atoms with Gasteiger partial charge < -0.3 is 10.0 Å². The Labute approximate surface area is 106 Å². The van der Waals surface area contributed by atoms with Crippen molar-refractivity contribution in [2.75, 3.05) is 13.1 Å². The van der Waals surface area contributed by atoms with E-state index in [1.807, 2.05) is 25.1 Å². The lowest BCUT2D eigenvalue weighted by Crippen LogP contribution is -2.36. The van der Waals surface area contributed by atoms with Crippen molar-refractivity contribution in [2.24, 2.45) is 0 Å². The molecule has 5 nitrogen and oxygen atoms in total. The van der Waals surface area contributed by atoms with E-state index in [4.69, 9.17) is 5.11 Å². The summed E-state index contributed by atoms with van der Waals surface area (Å²) in [5.74, 6) is -1.11. The van der Waals surface area contributed by atoms with Gasteiger partial charge >= 0.3 is 5.97 Å². The number of aromatic nitrogens is 1. The SMILES string of the molecule is CCCN(CC(=O)O)C(=O)CCc1ccccn1. The molecule has 98 valence electrons. The van der Waals surface area contributed by atoms with Gasteiger partial charge in [0.2, 0.25) is 5.91 Å². The number of hydrogen-bond donors (Lipinski definition) is 1.